The Morgan fingerprint density at radius 3 is 1.69 bits per heavy atom. The van der Waals surface area contributed by atoms with Crippen molar-refractivity contribution in [3.05, 3.63) is 120 Å². The van der Waals surface area contributed by atoms with E-state index in [4.69, 9.17) is 0 Å². The predicted octanol–water partition coefficient (Wildman–Crippen LogP) is 10.8. The average Bonchev–Trinajstić information content (AvgIpc) is 2.99. The van der Waals surface area contributed by atoms with Gasteiger partial charge in [0.2, 0.25) is 0 Å². The van der Waals surface area contributed by atoms with Crippen molar-refractivity contribution in [3.8, 4) is 0 Å². The number of benzene rings is 3. The summed E-state index contributed by atoms with van der Waals surface area (Å²) in [5.74, 6) is 0. The van der Waals surface area contributed by atoms with E-state index in [-0.39, 0.29) is 0 Å². The Morgan fingerprint density at radius 2 is 1.15 bits per heavy atom. The fourth-order valence-electron chi connectivity index (χ4n) is 5.16. The molecule has 0 saturated heterocycles. The Bertz CT molecular complexity index is 1120. The first-order valence-corrected chi connectivity index (χ1v) is 15.1. The number of anilines is 3. The summed E-state index contributed by atoms with van der Waals surface area (Å²) in [7, 11) is 0. The molecular formula is C37H46N2. The van der Waals surface area contributed by atoms with Crippen LogP contribution in [0.25, 0.3) is 6.08 Å². The maximum absolute atomic E-state index is 2.44. The Morgan fingerprint density at radius 1 is 0.615 bits per heavy atom. The molecule has 1 aliphatic heterocycles. The van der Waals surface area contributed by atoms with Crippen molar-refractivity contribution in [2.45, 2.75) is 71.1 Å². The monoisotopic (exact) mass is 518 g/mol. The van der Waals surface area contributed by atoms with E-state index >= 15 is 0 Å². The van der Waals surface area contributed by atoms with E-state index in [1.165, 1.54) is 81.9 Å². The second-order valence-electron chi connectivity index (χ2n) is 10.6. The van der Waals surface area contributed by atoms with E-state index in [1.54, 1.807) is 0 Å². The van der Waals surface area contributed by atoms with E-state index in [1.807, 2.05) is 0 Å². The lowest BCUT2D eigenvalue weighted by atomic mass is 10.1. The fourth-order valence-corrected chi connectivity index (χ4v) is 5.16. The van der Waals surface area contributed by atoms with Crippen molar-refractivity contribution in [2.24, 2.45) is 0 Å². The van der Waals surface area contributed by atoms with Crippen molar-refractivity contribution >= 4 is 23.1 Å². The van der Waals surface area contributed by atoms with E-state index in [9.17, 15) is 0 Å². The van der Waals surface area contributed by atoms with Crippen LogP contribution < -0.4 is 4.90 Å². The highest BCUT2D eigenvalue weighted by atomic mass is 15.1. The number of nitrogens with zero attached hydrogens (tertiary/aromatic N) is 2. The third kappa shape index (κ3) is 9.62. The third-order valence-electron chi connectivity index (χ3n) is 7.49. The maximum Gasteiger partial charge on any atom is 0.0462 e. The second-order valence-corrected chi connectivity index (χ2v) is 10.6. The zero-order valence-electron chi connectivity index (χ0n) is 23.8. The van der Waals surface area contributed by atoms with Crippen LogP contribution in [0.1, 0.15) is 76.7 Å². The van der Waals surface area contributed by atoms with Crippen LogP contribution in [0.3, 0.4) is 0 Å². The highest BCUT2D eigenvalue weighted by Crippen LogP contribution is 2.34. The molecule has 1 aliphatic rings. The van der Waals surface area contributed by atoms with Crippen LogP contribution in [-0.4, -0.2) is 18.0 Å². The Kier molecular flexibility index (Phi) is 12.0. The highest BCUT2D eigenvalue weighted by molar-refractivity contribution is 5.77. The van der Waals surface area contributed by atoms with Crippen LogP contribution in [0.2, 0.25) is 0 Å². The first-order chi connectivity index (χ1) is 19.3. The maximum atomic E-state index is 2.44. The number of hydrogen-bond donors (Lipinski definition) is 0. The minimum atomic E-state index is 1.01. The molecule has 0 atom stereocenters. The van der Waals surface area contributed by atoms with Crippen LogP contribution in [0.15, 0.2) is 115 Å². The molecule has 3 aromatic rings. The Balaban J connectivity index is 1.21. The minimum absolute atomic E-state index is 1.01. The number of allylic oxidation sites excluding steroid dienone is 3. The summed E-state index contributed by atoms with van der Waals surface area (Å²) in [5, 5.41) is 0. The van der Waals surface area contributed by atoms with Gasteiger partial charge in [-0.05, 0) is 66.2 Å². The summed E-state index contributed by atoms with van der Waals surface area (Å²) in [6.45, 7) is 4.47. The molecule has 3 aromatic carbocycles. The summed E-state index contributed by atoms with van der Waals surface area (Å²) >= 11 is 0. The molecule has 0 N–H and O–H groups in total. The standard InChI is InChI=1S/C37H46N2/c1-2-3-4-5-6-7-8-9-10-17-30-38-31-28-34(29-32-38)23-22-33-24-26-37(27-25-33)39(35-18-13-11-14-19-35)36-20-15-12-16-21-36/h11-16,18-29,31H,2-10,17,30,32H2,1H3. The van der Waals surface area contributed by atoms with Gasteiger partial charge >= 0.3 is 0 Å². The molecule has 39 heavy (non-hydrogen) atoms. The summed E-state index contributed by atoms with van der Waals surface area (Å²) in [4.78, 5) is 4.74. The van der Waals surface area contributed by atoms with Gasteiger partial charge in [0.15, 0.2) is 0 Å². The molecule has 204 valence electrons. The molecular weight excluding hydrogens is 472 g/mol. The topological polar surface area (TPSA) is 6.48 Å². The molecule has 0 saturated carbocycles. The van der Waals surface area contributed by atoms with Gasteiger partial charge in [-0.15, -0.1) is 0 Å². The molecule has 0 spiro atoms. The number of rotatable bonds is 16. The summed E-state index contributed by atoms with van der Waals surface area (Å²) in [5.41, 5.74) is 5.97. The Labute approximate surface area is 237 Å². The smallest absolute Gasteiger partial charge is 0.0462 e. The molecule has 0 amide bonds. The largest absolute Gasteiger partial charge is 0.374 e. The molecule has 2 heteroatoms. The average molecular weight is 519 g/mol. The van der Waals surface area contributed by atoms with Gasteiger partial charge in [0.25, 0.3) is 0 Å². The SMILES string of the molecule is CCCCCCCCCCCCN1C=CC(C=Cc2ccc(N(c3ccccc3)c3ccccc3)cc2)=CC1. The Hall–Kier alpha value is -3.52. The van der Waals surface area contributed by atoms with Gasteiger partial charge in [-0.25, -0.2) is 0 Å². The summed E-state index contributed by atoms with van der Waals surface area (Å²) in [6, 6.07) is 29.9. The molecule has 0 fully saturated rings. The lowest BCUT2D eigenvalue weighted by molar-refractivity contribution is 0.391. The molecule has 0 bridgehead atoms. The van der Waals surface area contributed by atoms with Crippen LogP contribution in [0, 0.1) is 0 Å². The van der Waals surface area contributed by atoms with Crippen molar-refractivity contribution in [1.29, 1.82) is 0 Å². The van der Waals surface area contributed by atoms with Crippen molar-refractivity contribution < 1.29 is 0 Å². The molecule has 4 rings (SSSR count). The molecule has 1 heterocycles. The lowest BCUT2D eigenvalue weighted by Crippen LogP contribution is -2.20. The van der Waals surface area contributed by atoms with Gasteiger partial charge in [-0.3, -0.25) is 0 Å². The van der Waals surface area contributed by atoms with Crippen LogP contribution in [0.5, 0.6) is 0 Å². The van der Waals surface area contributed by atoms with Gasteiger partial charge in [0, 0.05) is 30.2 Å². The summed E-state index contributed by atoms with van der Waals surface area (Å²) in [6.07, 6.45) is 25.2. The van der Waals surface area contributed by atoms with Gasteiger partial charge < -0.3 is 9.80 Å². The quantitative estimate of drug-likeness (QED) is 0.174. The zero-order chi connectivity index (χ0) is 27.0. The zero-order valence-corrected chi connectivity index (χ0v) is 23.8. The van der Waals surface area contributed by atoms with Gasteiger partial charge in [-0.2, -0.15) is 0 Å². The summed E-state index contributed by atoms with van der Waals surface area (Å²) < 4.78 is 0. The van der Waals surface area contributed by atoms with E-state index in [0.717, 1.165) is 23.6 Å². The van der Waals surface area contributed by atoms with E-state index < -0.39 is 0 Å². The molecule has 2 nitrogen and oxygen atoms in total. The molecule has 0 radical (unpaired) electrons. The first-order valence-electron chi connectivity index (χ1n) is 15.1. The van der Waals surface area contributed by atoms with Crippen LogP contribution >= 0.6 is 0 Å². The number of para-hydroxylation sites is 2. The number of hydrogen-bond acceptors (Lipinski definition) is 2. The second kappa shape index (κ2) is 16.4. The van der Waals surface area contributed by atoms with Crippen LogP contribution in [-0.2, 0) is 0 Å². The van der Waals surface area contributed by atoms with Crippen molar-refractivity contribution in [3.63, 3.8) is 0 Å². The van der Waals surface area contributed by atoms with Gasteiger partial charge in [-0.1, -0.05) is 131 Å². The van der Waals surface area contributed by atoms with Crippen molar-refractivity contribution in [1.82, 2.24) is 4.90 Å². The minimum Gasteiger partial charge on any atom is -0.374 e. The molecule has 0 aromatic heterocycles. The molecule has 0 aliphatic carbocycles. The van der Waals surface area contributed by atoms with E-state index in [0.29, 0.717) is 0 Å². The lowest BCUT2D eigenvalue weighted by Gasteiger charge is -2.25. The highest BCUT2D eigenvalue weighted by Gasteiger charge is 2.11. The van der Waals surface area contributed by atoms with Crippen LogP contribution in [0.4, 0.5) is 17.1 Å². The van der Waals surface area contributed by atoms with Gasteiger partial charge in [0.1, 0.15) is 0 Å². The first kappa shape index (κ1) is 28.5. The van der Waals surface area contributed by atoms with Crippen molar-refractivity contribution in [2.75, 3.05) is 18.0 Å². The fraction of sp³-hybridized carbons (Fsp3) is 0.351. The molecule has 0 unspecified atom stereocenters. The van der Waals surface area contributed by atoms with E-state index in [2.05, 4.69) is 132 Å². The normalized spacial score (nSPS) is 13.2. The predicted molar refractivity (Wildman–Crippen MR) is 171 cm³/mol. The third-order valence-corrected chi connectivity index (χ3v) is 7.49. The van der Waals surface area contributed by atoms with Gasteiger partial charge in [0.05, 0.1) is 0 Å². The number of unbranched alkanes of at least 4 members (excludes halogenated alkanes) is 9.